The van der Waals surface area contributed by atoms with Gasteiger partial charge in [0.1, 0.15) is 0 Å². The summed E-state index contributed by atoms with van der Waals surface area (Å²) in [5, 5.41) is 3.12. The van der Waals surface area contributed by atoms with Gasteiger partial charge in [0, 0.05) is 6.26 Å². The van der Waals surface area contributed by atoms with E-state index in [1.165, 1.54) is 12.3 Å². The second-order valence-electron chi connectivity index (χ2n) is 5.13. The van der Waals surface area contributed by atoms with E-state index in [1.54, 1.807) is 37.3 Å². The Bertz CT molecular complexity index is 855. The maximum Gasteiger partial charge on any atom is 0.339 e. The van der Waals surface area contributed by atoms with Crippen LogP contribution in [0.15, 0.2) is 41.3 Å². The Morgan fingerprint density at radius 3 is 2.52 bits per heavy atom. The second kappa shape index (κ2) is 8.47. The normalized spacial score (nSPS) is 11.7. The minimum atomic E-state index is -1.35. The minimum Gasteiger partial charge on any atom is -0.452 e. The molecule has 132 valence electrons. The molecule has 25 heavy (non-hydrogen) atoms. The van der Waals surface area contributed by atoms with Crippen molar-refractivity contribution in [3.05, 3.63) is 57.6 Å². The number of halogens is 2. The fourth-order valence-corrected chi connectivity index (χ4v) is 3.24. The highest BCUT2D eigenvalue weighted by molar-refractivity contribution is 7.84. The highest BCUT2D eigenvalue weighted by atomic mass is 35.5. The summed E-state index contributed by atoms with van der Waals surface area (Å²) in [7, 11) is -1.35. The fourth-order valence-electron chi connectivity index (χ4n) is 2.04. The Morgan fingerprint density at radius 1 is 1.16 bits per heavy atom. The smallest absolute Gasteiger partial charge is 0.339 e. The summed E-state index contributed by atoms with van der Waals surface area (Å²) in [4.78, 5) is 24.5. The van der Waals surface area contributed by atoms with Gasteiger partial charge in [-0.25, -0.2) is 4.79 Å². The van der Waals surface area contributed by atoms with Crippen LogP contribution in [0.4, 0.5) is 5.69 Å². The van der Waals surface area contributed by atoms with E-state index in [9.17, 15) is 13.8 Å². The van der Waals surface area contributed by atoms with Crippen LogP contribution in [0.25, 0.3) is 0 Å². The lowest BCUT2D eigenvalue weighted by molar-refractivity contribution is -0.119. The number of rotatable bonds is 5. The molecule has 1 atom stereocenters. The molecule has 0 bridgehead atoms. The summed E-state index contributed by atoms with van der Waals surface area (Å²) < 4.78 is 16.6. The minimum absolute atomic E-state index is 0.155. The number of benzene rings is 2. The first-order valence-corrected chi connectivity index (χ1v) is 9.46. The summed E-state index contributed by atoms with van der Waals surface area (Å²) in [5.74, 6) is -1.32. The van der Waals surface area contributed by atoms with Crippen molar-refractivity contribution < 1.29 is 18.5 Å². The van der Waals surface area contributed by atoms with E-state index in [0.717, 1.165) is 5.56 Å². The van der Waals surface area contributed by atoms with Crippen LogP contribution in [0.1, 0.15) is 15.9 Å². The highest BCUT2D eigenvalue weighted by Crippen LogP contribution is 2.32. The number of esters is 1. The first-order chi connectivity index (χ1) is 11.8. The number of carbonyl (C=O) groups is 2. The van der Waals surface area contributed by atoms with Gasteiger partial charge in [0.2, 0.25) is 0 Å². The van der Waals surface area contributed by atoms with Crippen molar-refractivity contribution in [3.8, 4) is 0 Å². The predicted molar refractivity (Wildman–Crippen MR) is 98.9 cm³/mol. The molecule has 2 rings (SSSR count). The molecule has 1 N–H and O–H groups in total. The Morgan fingerprint density at radius 2 is 1.84 bits per heavy atom. The first kappa shape index (κ1) is 19.4. The van der Waals surface area contributed by atoms with Crippen LogP contribution in [0, 0.1) is 6.92 Å². The van der Waals surface area contributed by atoms with Crippen molar-refractivity contribution in [2.45, 2.75) is 11.8 Å². The molecule has 0 radical (unpaired) electrons. The summed E-state index contributed by atoms with van der Waals surface area (Å²) >= 11 is 12.1. The van der Waals surface area contributed by atoms with Gasteiger partial charge in [-0.3, -0.25) is 9.00 Å². The lowest BCUT2D eigenvalue weighted by Crippen LogP contribution is -2.22. The molecule has 0 aliphatic carbocycles. The zero-order valence-corrected chi connectivity index (χ0v) is 15.8. The summed E-state index contributed by atoms with van der Waals surface area (Å²) in [5.41, 5.74) is 1.17. The molecule has 0 aromatic heterocycles. The van der Waals surface area contributed by atoms with Crippen molar-refractivity contribution in [1.29, 1.82) is 0 Å². The number of hydrogen-bond donors (Lipinski definition) is 1. The third kappa shape index (κ3) is 4.81. The quantitative estimate of drug-likeness (QED) is 0.775. The van der Waals surface area contributed by atoms with Gasteiger partial charge < -0.3 is 10.1 Å². The molecule has 0 aliphatic heterocycles. The molecule has 2 aromatic carbocycles. The van der Waals surface area contributed by atoms with Crippen LogP contribution in [-0.2, 0) is 20.3 Å². The summed E-state index contributed by atoms with van der Waals surface area (Å²) in [6, 6.07) is 9.69. The molecule has 0 fully saturated rings. The maximum atomic E-state index is 12.1. The molecular weight excluding hydrogens is 385 g/mol. The van der Waals surface area contributed by atoms with Crippen LogP contribution in [-0.4, -0.2) is 28.9 Å². The van der Waals surface area contributed by atoms with Gasteiger partial charge in [-0.15, -0.1) is 0 Å². The van der Waals surface area contributed by atoms with Gasteiger partial charge in [-0.05, 0) is 30.7 Å². The molecule has 0 saturated carbocycles. The fraction of sp³-hybridized carbons (Fsp3) is 0.176. The lowest BCUT2D eigenvalue weighted by Gasteiger charge is -2.12. The molecular formula is C17H15Cl2NO4S. The van der Waals surface area contributed by atoms with Gasteiger partial charge in [-0.1, -0.05) is 41.4 Å². The SMILES string of the molecule is Cc1ccc(Cl)c(NC(=O)COC(=O)c2ccccc2[S@](C)=O)c1Cl. The standard InChI is InChI=1S/C17H15Cl2NO4S/c1-10-7-8-12(18)16(15(10)19)20-14(21)9-24-17(22)11-5-3-4-6-13(11)25(2)23/h3-8H,9H2,1-2H3,(H,20,21)/t25-/m0/s1. The van der Waals surface area contributed by atoms with Crippen LogP contribution >= 0.6 is 23.2 Å². The summed E-state index contributed by atoms with van der Waals surface area (Å²) in [6.07, 6.45) is 1.46. The van der Waals surface area contributed by atoms with Gasteiger partial charge in [-0.2, -0.15) is 0 Å². The molecule has 1 amide bonds. The van der Waals surface area contributed by atoms with Crippen molar-refractivity contribution in [3.63, 3.8) is 0 Å². The molecule has 0 spiro atoms. The molecule has 2 aromatic rings. The average molecular weight is 400 g/mol. The van der Waals surface area contributed by atoms with Gasteiger partial charge >= 0.3 is 5.97 Å². The van der Waals surface area contributed by atoms with Gasteiger partial charge in [0.05, 0.1) is 37.0 Å². The van der Waals surface area contributed by atoms with Gasteiger partial charge in [0.15, 0.2) is 6.61 Å². The van der Waals surface area contributed by atoms with E-state index < -0.39 is 29.3 Å². The molecule has 5 nitrogen and oxygen atoms in total. The second-order valence-corrected chi connectivity index (χ2v) is 7.26. The lowest BCUT2D eigenvalue weighted by atomic mass is 10.2. The van der Waals surface area contributed by atoms with Crippen molar-refractivity contribution in [2.75, 3.05) is 18.2 Å². The van der Waals surface area contributed by atoms with Crippen molar-refractivity contribution in [2.24, 2.45) is 0 Å². The first-order valence-electron chi connectivity index (χ1n) is 7.15. The molecule has 0 unspecified atom stereocenters. The third-order valence-electron chi connectivity index (χ3n) is 3.30. The Kier molecular flexibility index (Phi) is 6.58. The van der Waals surface area contributed by atoms with Crippen molar-refractivity contribution >= 4 is 51.6 Å². The van der Waals surface area contributed by atoms with E-state index in [2.05, 4.69) is 5.32 Å². The van der Waals surface area contributed by atoms with Crippen LogP contribution in [0.5, 0.6) is 0 Å². The molecule has 0 saturated heterocycles. The van der Waals surface area contributed by atoms with Gasteiger partial charge in [0.25, 0.3) is 5.91 Å². The van der Waals surface area contributed by atoms with E-state index in [4.69, 9.17) is 27.9 Å². The Hall–Kier alpha value is -1.89. The number of ether oxygens (including phenoxy) is 1. The molecule has 8 heteroatoms. The van der Waals surface area contributed by atoms with E-state index >= 15 is 0 Å². The van der Waals surface area contributed by atoms with Crippen LogP contribution in [0.2, 0.25) is 10.0 Å². The number of anilines is 1. The summed E-state index contributed by atoms with van der Waals surface area (Å²) in [6.45, 7) is 1.25. The number of hydrogen-bond acceptors (Lipinski definition) is 4. The van der Waals surface area contributed by atoms with E-state index in [-0.39, 0.29) is 16.3 Å². The number of aryl methyl sites for hydroxylation is 1. The number of carbonyl (C=O) groups excluding carboxylic acids is 2. The zero-order chi connectivity index (χ0) is 18.6. The number of nitrogens with one attached hydrogen (secondary N) is 1. The molecule has 0 heterocycles. The van der Waals surface area contributed by atoms with Crippen molar-refractivity contribution in [1.82, 2.24) is 0 Å². The topological polar surface area (TPSA) is 72.5 Å². The van der Waals surface area contributed by atoms with E-state index in [1.807, 2.05) is 0 Å². The average Bonchev–Trinajstić information content (AvgIpc) is 2.60. The third-order valence-corrected chi connectivity index (χ3v) is 5.08. The van der Waals surface area contributed by atoms with E-state index in [0.29, 0.717) is 9.92 Å². The Labute approximate surface area is 157 Å². The maximum absolute atomic E-state index is 12.1. The largest absolute Gasteiger partial charge is 0.452 e. The molecule has 0 aliphatic rings. The predicted octanol–water partition coefficient (Wildman–Crippen LogP) is 3.83. The highest BCUT2D eigenvalue weighted by Gasteiger charge is 2.17. The zero-order valence-electron chi connectivity index (χ0n) is 13.5. The van der Waals surface area contributed by atoms with Crippen LogP contribution < -0.4 is 5.32 Å². The number of amides is 1. The Balaban J connectivity index is 2.05. The monoisotopic (exact) mass is 399 g/mol. The van der Waals surface area contributed by atoms with Crippen LogP contribution in [0.3, 0.4) is 0 Å².